The Balaban J connectivity index is 2.41. The number of hydrogen-bond donors (Lipinski definition) is 2. The number of aliphatic hydroxyl groups is 1. The highest BCUT2D eigenvalue weighted by Crippen LogP contribution is 2.41. The highest BCUT2D eigenvalue weighted by atomic mass is 35.5. The quantitative estimate of drug-likeness (QED) is 0.823. The lowest BCUT2D eigenvalue weighted by atomic mass is 9.76. The predicted octanol–water partition coefficient (Wildman–Crippen LogP) is 4.22. The predicted molar refractivity (Wildman–Crippen MR) is 93.5 cm³/mol. The van der Waals surface area contributed by atoms with Crippen LogP contribution in [0.2, 0.25) is 5.02 Å². The van der Waals surface area contributed by atoms with Gasteiger partial charge in [-0.05, 0) is 64.7 Å². The van der Waals surface area contributed by atoms with Gasteiger partial charge >= 0.3 is 0 Å². The number of alkyl halides is 1. The molecule has 7 heteroatoms. The average Bonchev–Trinajstić information content (AvgIpc) is 2.49. The molecule has 1 aliphatic rings. The highest BCUT2D eigenvalue weighted by molar-refractivity contribution is 7.84. The standard InChI is InChI=1S/C17H24ClF2NO2S/c1-16(2,3)24(23)21-15(13-10-11(18)4-5-14(13)20)17(22)8-6-12(19)7-9-17/h4-5,10,12,15,21-22H,6-9H2,1-3H3/t12?,15-,17?,24?/m0/s1. The van der Waals surface area contributed by atoms with Crippen molar-refractivity contribution in [2.45, 2.75) is 69.0 Å². The minimum Gasteiger partial charge on any atom is -0.388 e. The zero-order valence-electron chi connectivity index (χ0n) is 14.1. The van der Waals surface area contributed by atoms with Gasteiger partial charge in [0.2, 0.25) is 0 Å². The molecular weight excluding hydrogens is 356 g/mol. The van der Waals surface area contributed by atoms with Crippen LogP contribution in [0.15, 0.2) is 18.2 Å². The van der Waals surface area contributed by atoms with Gasteiger partial charge in [0.05, 0.1) is 27.4 Å². The van der Waals surface area contributed by atoms with E-state index < -0.39 is 39.4 Å². The molecule has 24 heavy (non-hydrogen) atoms. The van der Waals surface area contributed by atoms with Crippen LogP contribution in [0.4, 0.5) is 8.78 Å². The summed E-state index contributed by atoms with van der Waals surface area (Å²) in [5, 5.41) is 11.4. The van der Waals surface area contributed by atoms with Crippen LogP contribution in [0, 0.1) is 5.82 Å². The second-order valence-corrected chi connectivity index (χ2v) is 9.81. The number of hydrogen-bond acceptors (Lipinski definition) is 2. The van der Waals surface area contributed by atoms with Crippen LogP contribution in [0.1, 0.15) is 58.1 Å². The van der Waals surface area contributed by atoms with Crippen LogP contribution in [0.25, 0.3) is 0 Å². The fourth-order valence-electron chi connectivity index (χ4n) is 2.85. The van der Waals surface area contributed by atoms with E-state index in [9.17, 15) is 18.1 Å². The minimum atomic E-state index is -1.53. The summed E-state index contributed by atoms with van der Waals surface area (Å²) in [5.74, 6) is -0.543. The molecule has 0 aromatic heterocycles. The molecule has 2 atom stereocenters. The van der Waals surface area contributed by atoms with Crippen molar-refractivity contribution in [2.75, 3.05) is 0 Å². The molecule has 1 saturated carbocycles. The largest absolute Gasteiger partial charge is 0.388 e. The molecule has 0 amide bonds. The summed E-state index contributed by atoms with van der Waals surface area (Å²) in [6.07, 6.45) is -0.251. The number of halogens is 3. The van der Waals surface area contributed by atoms with Crippen molar-refractivity contribution in [3.8, 4) is 0 Å². The molecule has 0 spiro atoms. The van der Waals surface area contributed by atoms with Crippen molar-refractivity contribution in [1.29, 1.82) is 0 Å². The third-order valence-corrected chi connectivity index (χ3v) is 6.17. The van der Waals surface area contributed by atoms with Gasteiger partial charge in [0, 0.05) is 10.6 Å². The van der Waals surface area contributed by atoms with E-state index in [0.717, 1.165) is 0 Å². The summed E-state index contributed by atoms with van der Waals surface area (Å²) < 4.78 is 42.7. The molecule has 2 N–H and O–H groups in total. The Labute approximate surface area is 149 Å². The van der Waals surface area contributed by atoms with Gasteiger partial charge in [-0.3, -0.25) is 0 Å². The van der Waals surface area contributed by atoms with Crippen molar-refractivity contribution in [3.63, 3.8) is 0 Å². The van der Waals surface area contributed by atoms with Gasteiger partial charge in [0.15, 0.2) is 0 Å². The Bertz CT molecular complexity index is 613. The third kappa shape index (κ3) is 4.54. The van der Waals surface area contributed by atoms with Crippen LogP contribution in [0.3, 0.4) is 0 Å². The maximum absolute atomic E-state index is 14.4. The molecule has 1 unspecified atom stereocenters. The zero-order valence-corrected chi connectivity index (χ0v) is 15.7. The van der Waals surface area contributed by atoms with Crippen LogP contribution < -0.4 is 4.72 Å². The van der Waals surface area contributed by atoms with Gasteiger partial charge in [-0.1, -0.05) is 11.6 Å². The first kappa shape index (κ1) is 19.8. The molecule has 0 saturated heterocycles. The van der Waals surface area contributed by atoms with Gasteiger partial charge in [0.1, 0.15) is 12.0 Å². The van der Waals surface area contributed by atoms with Crippen molar-refractivity contribution in [2.24, 2.45) is 0 Å². The van der Waals surface area contributed by atoms with Crippen LogP contribution >= 0.6 is 11.6 Å². The Morgan fingerprint density at radius 2 is 1.96 bits per heavy atom. The third-order valence-electron chi connectivity index (χ3n) is 4.37. The fourth-order valence-corrected chi connectivity index (χ4v) is 3.95. The van der Waals surface area contributed by atoms with Gasteiger partial charge < -0.3 is 5.11 Å². The van der Waals surface area contributed by atoms with E-state index in [0.29, 0.717) is 5.02 Å². The summed E-state index contributed by atoms with van der Waals surface area (Å²) >= 11 is 5.98. The Kier molecular flexibility index (Phi) is 6.06. The van der Waals surface area contributed by atoms with Gasteiger partial charge in [-0.2, -0.15) is 0 Å². The molecule has 1 aromatic rings. The molecule has 0 radical (unpaired) electrons. The van der Waals surface area contributed by atoms with E-state index in [1.165, 1.54) is 18.2 Å². The number of benzene rings is 1. The van der Waals surface area contributed by atoms with E-state index >= 15 is 0 Å². The Hall–Kier alpha value is -0.560. The maximum atomic E-state index is 14.4. The summed E-state index contributed by atoms with van der Waals surface area (Å²) in [6, 6.07) is 3.13. The summed E-state index contributed by atoms with van der Waals surface area (Å²) in [6.45, 7) is 5.35. The number of nitrogens with one attached hydrogen (secondary N) is 1. The zero-order chi connectivity index (χ0) is 18.1. The lowest BCUT2D eigenvalue weighted by Gasteiger charge is -2.41. The molecule has 1 fully saturated rings. The van der Waals surface area contributed by atoms with Crippen molar-refractivity contribution >= 4 is 22.6 Å². The lowest BCUT2D eigenvalue weighted by Crippen LogP contribution is -2.50. The van der Waals surface area contributed by atoms with Gasteiger partial charge in [-0.25, -0.2) is 17.7 Å². The summed E-state index contributed by atoms with van der Waals surface area (Å²) in [5.41, 5.74) is -1.23. The molecular formula is C17H24ClF2NO2S. The first-order chi connectivity index (χ1) is 11.0. The lowest BCUT2D eigenvalue weighted by molar-refractivity contribution is -0.0412. The van der Waals surface area contributed by atoms with E-state index in [2.05, 4.69) is 4.72 Å². The normalized spacial score (nSPS) is 27.7. The molecule has 0 bridgehead atoms. The van der Waals surface area contributed by atoms with Gasteiger partial charge in [-0.15, -0.1) is 0 Å². The molecule has 1 aromatic carbocycles. The topological polar surface area (TPSA) is 49.3 Å². The maximum Gasteiger partial charge on any atom is 0.128 e. The van der Waals surface area contributed by atoms with Crippen LogP contribution in [-0.4, -0.2) is 25.8 Å². The van der Waals surface area contributed by atoms with Crippen molar-refractivity contribution in [1.82, 2.24) is 4.72 Å². The highest BCUT2D eigenvalue weighted by Gasteiger charge is 2.43. The van der Waals surface area contributed by atoms with Crippen molar-refractivity contribution in [3.05, 3.63) is 34.6 Å². The van der Waals surface area contributed by atoms with Gasteiger partial charge in [0.25, 0.3) is 0 Å². The minimum absolute atomic E-state index is 0.153. The molecule has 3 nitrogen and oxygen atoms in total. The first-order valence-electron chi connectivity index (χ1n) is 8.02. The van der Waals surface area contributed by atoms with E-state index in [1.807, 2.05) is 0 Å². The second-order valence-electron chi connectivity index (χ2n) is 7.38. The van der Waals surface area contributed by atoms with Crippen LogP contribution in [0.5, 0.6) is 0 Å². The first-order valence-corrected chi connectivity index (χ1v) is 9.55. The van der Waals surface area contributed by atoms with Crippen molar-refractivity contribution < 1.29 is 18.1 Å². The Morgan fingerprint density at radius 3 is 2.50 bits per heavy atom. The molecule has 0 heterocycles. The van der Waals surface area contributed by atoms with E-state index in [1.54, 1.807) is 20.8 Å². The van der Waals surface area contributed by atoms with Crippen LogP contribution in [-0.2, 0) is 11.0 Å². The fraction of sp³-hybridized carbons (Fsp3) is 0.647. The molecule has 1 aliphatic carbocycles. The second kappa shape index (κ2) is 7.36. The monoisotopic (exact) mass is 379 g/mol. The summed E-state index contributed by atoms with van der Waals surface area (Å²) in [7, 11) is -1.53. The molecule has 0 aliphatic heterocycles. The Morgan fingerprint density at radius 1 is 1.38 bits per heavy atom. The summed E-state index contributed by atoms with van der Waals surface area (Å²) in [4.78, 5) is 0. The smallest absolute Gasteiger partial charge is 0.128 e. The molecule has 2 rings (SSSR count). The van der Waals surface area contributed by atoms with E-state index in [4.69, 9.17) is 11.6 Å². The number of rotatable bonds is 4. The SMILES string of the molecule is CC(C)(C)S(=O)N[C@@H](c1cc(Cl)ccc1F)C1(O)CCC(F)CC1. The molecule has 136 valence electrons. The average molecular weight is 380 g/mol. The van der Waals surface area contributed by atoms with E-state index in [-0.39, 0.29) is 31.2 Å².